The Morgan fingerprint density at radius 3 is 2.50 bits per heavy atom. The summed E-state index contributed by atoms with van der Waals surface area (Å²) in [7, 11) is 0. The highest BCUT2D eigenvalue weighted by Gasteiger charge is 2.21. The highest BCUT2D eigenvalue weighted by atomic mass is 35.5. The summed E-state index contributed by atoms with van der Waals surface area (Å²) in [5.74, 6) is 0.179. The van der Waals surface area contributed by atoms with E-state index in [2.05, 4.69) is 9.97 Å². The van der Waals surface area contributed by atoms with E-state index in [4.69, 9.17) is 34.7 Å². The van der Waals surface area contributed by atoms with Gasteiger partial charge in [-0.25, -0.2) is 9.97 Å². The summed E-state index contributed by atoms with van der Waals surface area (Å²) in [5.41, 5.74) is 13.2. The minimum atomic E-state index is -0.582. The quantitative estimate of drug-likeness (QED) is 0.700. The van der Waals surface area contributed by atoms with Gasteiger partial charge >= 0.3 is 0 Å². The Morgan fingerprint density at radius 1 is 1.21 bits per heavy atom. The summed E-state index contributed by atoms with van der Waals surface area (Å²) < 4.78 is 0. The number of nitrogens with two attached hydrogens (primary N) is 2. The molecule has 3 aromatic rings. The SMILES string of the molecule is CC(C)c1nc(-c2ccc(Cl)c(Cl)c2)c2c(N)c(C(N)=O)sc2n1. The first-order valence-electron chi connectivity index (χ1n) is 7.14. The number of rotatable bonds is 3. The van der Waals surface area contributed by atoms with Gasteiger partial charge in [-0.1, -0.05) is 43.1 Å². The lowest BCUT2D eigenvalue weighted by molar-refractivity contribution is 0.100. The van der Waals surface area contributed by atoms with E-state index < -0.39 is 5.91 Å². The van der Waals surface area contributed by atoms with Crippen LogP contribution in [-0.4, -0.2) is 15.9 Å². The lowest BCUT2D eigenvalue weighted by atomic mass is 10.1. The number of amides is 1. The third kappa shape index (κ3) is 2.81. The lowest BCUT2D eigenvalue weighted by Gasteiger charge is -2.10. The van der Waals surface area contributed by atoms with Gasteiger partial charge in [0.15, 0.2) is 0 Å². The molecule has 8 heteroatoms. The fourth-order valence-electron chi connectivity index (χ4n) is 2.33. The zero-order valence-electron chi connectivity index (χ0n) is 12.9. The number of halogens is 2. The molecular formula is C16H14Cl2N4OS. The molecule has 3 rings (SSSR count). The fourth-order valence-corrected chi connectivity index (χ4v) is 3.58. The monoisotopic (exact) mass is 380 g/mol. The summed E-state index contributed by atoms with van der Waals surface area (Å²) in [6.45, 7) is 3.98. The van der Waals surface area contributed by atoms with Crippen molar-refractivity contribution in [1.82, 2.24) is 9.97 Å². The van der Waals surface area contributed by atoms with Gasteiger partial charge in [0, 0.05) is 11.5 Å². The molecule has 0 aliphatic rings. The van der Waals surface area contributed by atoms with Crippen molar-refractivity contribution in [1.29, 1.82) is 0 Å². The van der Waals surface area contributed by atoms with E-state index in [1.54, 1.807) is 18.2 Å². The first kappa shape index (κ1) is 17.0. The number of anilines is 1. The van der Waals surface area contributed by atoms with Crippen molar-refractivity contribution in [3.8, 4) is 11.3 Å². The maximum Gasteiger partial charge on any atom is 0.260 e. The molecule has 0 aliphatic heterocycles. The van der Waals surface area contributed by atoms with Gasteiger partial charge in [-0.15, -0.1) is 11.3 Å². The molecule has 2 heterocycles. The second kappa shape index (κ2) is 6.20. The van der Waals surface area contributed by atoms with Gasteiger partial charge in [-0.3, -0.25) is 4.79 Å². The summed E-state index contributed by atoms with van der Waals surface area (Å²) in [6.07, 6.45) is 0. The highest BCUT2D eigenvalue weighted by molar-refractivity contribution is 7.21. The Morgan fingerprint density at radius 2 is 1.92 bits per heavy atom. The Kier molecular flexibility index (Phi) is 4.38. The molecular weight excluding hydrogens is 367 g/mol. The van der Waals surface area contributed by atoms with Crippen molar-refractivity contribution >= 4 is 56.3 Å². The molecule has 0 atom stereocenters. The fraction of sp³-hybridized carbons (Fsp3) is 0.188. The van der Waals surface area contributed by atoms with Gasteiger partial charge in [0.1, 0.15) is 15.5 Å². The first-order chi connectivity index (χ1) is 11.3. The van der Waals surface area contributed by atoms with E-state index in [1.807, 2.05) is 13.8 Å². The number of hydrogen-bond donors (Lipinski definition) is 2. The zero-order valence-corrected chi connectivity index (χ0v) is 15.3. The molecule has 0 unspecified atom stereocenters. The smallest absolute Gasteiger partial charge is 0.260 e. The van der Waals surface area contributed by atoms with Gasteiger partial charge in [0.2, 0.25) is 0 Å². The molecule has 0 saturated heterocycles. The molecule has 2 aromatic heterocycles. The second-order valence-electron chi connectivity index (χ2n) is 5.60. The van der Waals surface area contributed by atoms with Crippen molar-refractivity contribution in [2.24, 2.45) is 5.73 Å². The molecule has 0 saturated carbocycles. The van der Waals surface area contributed by atoms with Gasteiger partial charge in [-0.05, 0) is 12.1 Å². The van der Waals surface area contributed by atoms with Crippen LogP contribution in [0.4, 0.5) is 5.69 Å². The van der Waals surface area contributed by atoms with Crippen LogP contribution in [0.25, 0.3) is 21.5 Å². The normalized spacial score (nSPS) is 11.4. The number of carbonyl (C=O) groups is 1. The predicted octanol–water partition coefficient (Wildman–Crippen LogP) is 4.47. The van der Waals surface area contributed by atoms with Gasteiger partial charge in [0.05, 0.1) is 26.8 Å². The van der Waals surface area contributed by atoms with Crippen LogP contribution >= 0.6 is 34.5 Å². The van der Waals surface area contributed by atoms with E-state index >= 15 is 0 Å². The van der Waals surface area contributed by atoms with Crippen LogP contribution in [0.2, 0.25) is 10.0 Å². The van der Waals surface area contributed by atoms with E-state index in [9.17, 15) is 4.79 Å². The predicted molar refractivity (Wildman–Crippen MR) is 99.9 cm³/mol. The largest absolute Gasteiger partial charge is 0.397 e. The number of hydrogen-bond acceptors (Lipinski definition) is 5. The molecule has 4 N–H and O–H groups in total. The molecule has 0 fully saturated rings. The average molecular weight is 381 g/mol. The Balaban J connectivity index is 2.39. The molecule has 0 aliphatic carbocycles. The Bertz CT molecular complexity index is 968. The summed E-state index contributed by atoms with van der Waals surface area (Å²) in [4.78, 5) is 21.7. The van der Waals surface area contributed by atoms with Crippen LogP contribution in [0.3, 0.4) is 0 Å². The molecule has 0 bridgehead atoms. The topological polar surface area (TPSA) is 94.9 Å². The zero-order chi connectivity index (χ0) is 17.6. The number of aromatic nitrogens is 2. The maximum absolute atomic E-state index is 11.6. The van der Waals surface area contributed by atoms with Crippen molar-refractivity contribution in [2.75, 3.05) is 5.73 Å². The van der Waals surface area contributed by atoms with Crippen molar-refractivity contribution < 1.29 is 4.79 Å². The average Bonchev–Trinajstić information content (AvgIpc) is 2.86. The highest BCUT2D eigenvalue weighted by Crippen LogP contribution is 2.40. The third-order valence-corrected chi connectivity index (χ3v) is 5.39. The Labute approximate surface area is 152 Å². The molecule has 1 amide bonds. The summed E-state index contributed by atoms with van der Waals surface area (Å²) >= 11 is 13.3. The minimum Gasteiger partial charge on any atom is -0.397 e. The van der Waals surface area contributed by atoms with Crippen LogP contribution in [0.1, 0.15) is 35.3 Å². The molecule has 0 radical (unpaired) electrons. The van der Waals surface area contributed by atoms with Gasteiger partial charge in [0.25, 0.3) is 5.91 Å². The minimum absolute atomic E-state index is 0.108. The van der Waals surface area contributed by atoms with E-state index in [0.29, 0.717) is 37.5 Å². The van der Waals surface area contributed by atoms with E-state index in [-0.39, 0.29) is 10.8 Å². The summed E-state index contributed by atoms with van der Waals surface area (Å²) in [6, 6.07) is 5.22. The third-order valence-electron chi connectivity index (χ3n) is 3.54. The number of nitrogen functional groups attached to an aromatic ring is 1. The van der Waals surface area contributed by atoms with Gasteiger partial charge in [-0.2, -0.15) is 0 Å². The van der Waals surface area contributed by atoms with Crippen molar-refractivity contribution in [2.45, 2.75) is 19.8 Å². The van der Waals surface area contributed by atoms with Crippen LogP contribution in [-0.2, 0) is 0 Å². The number of primary amides is 1. The molecule has 24 heavy (non-hydrogen) atoms. The van der Waals surface area contributed by atoms with Crippen LogP contribution in [0, 0.1) is 0 Å². The molecule has 1 aromatic carbocycles. The molecule has 5 nitrogen and oxygen atoms in total. The van der Waals surface area contributed by atoms with Crippen molar-refractivity contribution in [3.63, 3.8) is 0 Å². The standard InChI is InChI=1S/C16H14Cl2N4OS/c1-6(2)15-21-12(7-3-4-8(17)9(18)5-7)10-11(19)13(14(20)23)24-16(10)22-15/h3-6H,19H2,1-2H3,(H2,20,23). The number of benzene rings is 1. The van der Waals surface area contributed by atoms with E-state index in [1.165, 1.54) is 11.3 Å². The summed E-state index contributed by atoms with van der Waals surface area (Å²) in [5, 5.41) is 1.47. The van der Waals surface area contributed by atoms with E-state index in [0.717, 1.165) is 5.56 Å². The van der Waals surface area contributed by atoms with Crippen molar-refractivity contribution in [3.05, 3.63) is 38.9 Å². The van der Waals surface area contributed by atoms with Gasteiger partial charge < -0.3 is 11.5 Å². The number of fused-ring (bicyclic) bond motifs is 1. The van der Waals surface area contributed by atoms with Crippen LogP contribution in [0.15, 0.2) is 18.2 Å². The maximum atomic E-state index is 11.6. The first-order valence-corrected chi connectivity index (χ1v) is 8.72. The van der Waals surface area contributed by atoms with Crippen LogP contribution < -0.4 is 11.5 Å². The Hall–Kier alpha value is -1.89. The van der Waals surface area contributed by atoms with Crippen LogP contribution in [0.5, 0.6) is 0 Å². The molecule has 0 spiro atoms. The lowest BCUT2D eigenvalue weighted by Crippen LogP contribution is -2.10. The number of nitrogens with zero attached hydrogens (tertiary/aromatic N) is 2. The number of thiophene rings is 1. The molecule has 124 valence electrons. The number of carbonyl (C=O) groups excluding carboxylic acids is 1. The second-order valence-corrected chi connectivity index (χ2v) is 7.42.